The van der Waals surface area contributed by atoms with Gasteiger partial charge in [-0.15, -0.1) is 0 Å². The molecule has 7 heteroatoms. The number of anilines is 1. The van der Waals surface area contributed by atoms with Gasteiger partial charge in [0, 0.05) is 13.0 Å². The highest BCUT2D eigenvalue weighted by Gasteiger charge is 2.47. The lowest BCUT2D eigenvalue weighted by Gasteiger charge is -2.19. The van der Waals surface area contributed by atoms with Crippen LogP contribution < -0.4 is 5.32 Å². The van der Waals surface area contributed by atoms with Gasteiger partial charge in [0.1, 0.15) is 0 Å². The third kappa shape index (κ3) is 3.00. The molecule has 26 heavy (non-hydrogen) atoms. The number of amides is 3. The van der Waals surface area contributed by atoms with Crippen molar-refractivity contribution < 1.29 is 14.4 Å². The van der Waals surface area contributed by atoms with E-state index in [1.54, 1.807) is 0 Å². The van der Waals surface area contributed by atoms with Gasteiger partial charge in [0.25, 0.3) is 0 Å². The quantitative estimate of drug-likeness (QED) is 0.838. The van der Waals surface area contributed by atoms with Crippen molar-refractivity contribution in [3.05, 3.63) is 23.8 Å². The SMILES string of the molecule is Cc1cccc2sc(NC(=O)CCN3C(=O)[C@H]4CCCC[C@@H]4C3=O)nc12. The largest absolute Gasteiger partial charge is 0.302 e. The van der Waals surface area contributed by atoms with Gasteiger partial charge >= 0.3 is 0 Å². The summed E-state index contributed by atoms with van der Waals surface area (Å²) in [5, 5.41) is 3.34. The number of aryl methyl sites for hydroxylation is 1. The van der Waals surface area contributed by atoms with Gasteiger partial charge in [-0.25, -0.2) is 4.98 Å². The van der Waals surface area contributed by atoms with Gasteiger partial charge in [0.15, 0.2) is 5.13 Å². The molecule has 2 heterocycles. The van der Waals surface area contributed by atoms with Crippen LogP contribution in [0.25, 0.3) is 10.2 Å². The van der Waals surface area contributed by atoms with E-state index in [1.807, 2.05) is 25.1 Å². The molecule has 1 saturated carbocycles. The number of thiazole rings is 1. The molecule has 1 aliphatic heterocycles. The van der Waals surface area contributed by atoms with Crippen molar-refractivity contribution in [1.82, 2.24) is 9.88 Å². The minimum Gasteiger partial charge on any atom is -0.302 e. The Hall–Kier alpha value is -2.28. The van der Waals surface area contributed by atoms with Gasteiger partial charge in [-0.05, 0) is 31.4 Å². The summed E-state index contributed by atoms with van der Waals surface area (Å²) >= 11 is 1.42. The molecule has 2 aromatic rings. The lowest BCUT2D eigenvalue weighted by atomic mass is 9.81. The topological polar surface area (TPSA) is 79.4 Å². The highest BCUT2D eigenvalue weighted by atomic mass is 32.1. The fourth-order valence-corrected chi connectivity index (χ4v) is 4.95. The van der Waals surface area contributed by atoms with E-state index in [9.17, 15) is 14.4 Å². The van der Waals surface area contributed by atoms with Crippen molar-refractivity contribution in [2.45, 2.75) is 39.0 Å². The molecule has 3 amide bonds. The highest BCUT2D eigenvalue weighted by molar-refractivity contribution is 7.22. The number of hydrogen-bond acceptors (Lipinski definition) is 5. The molecular formula is C19H21N3O3S. The maximum atomic E-state index is 12.4. The Kier molecular flexibility index (Phi) is 4.48. The molecule has 0 radical (unpaired) electrons. The second-order valence-corrected chi connectivity index (χ2v) is 8.10. The summed E-state index contributed by atoms with van der Waals surface area (Å²) in [7, 11) is 0. The van der Waals surface area contributed by atoms with Crippen molar-refractivity contribution in [1.29, 1.82) is 0 Å². The van der Waals surface area contributed by atoms with Crippen LogP contribution in [0.4, 0.5) is 5.13 Å². The fourth-order valence-electron chi connectivity index (χ4n) is 3.99. The Morgan fingerprint density at radius 2 is 1.92 bits per heavy atom. The number of nitrogens with one attached hydrogen (secondary N) is 1. The molecule has 0 unspecified atom stereocenters. The van der Waals surface area contributed by atoms with Crippen LogP contribution in [0.5, 0.6) is 0 Å². The van der Waals surface area contributed by atoms with E-state index >= 15 is 0 Å². The van der Waals surface area contributed by atoms with Crippen LogP contribution in [0, 0.1) is 18.8 Å². The third-order valence-corrected chi connectivity index (χ3v) is 6.30. The van der Waals surface area contributed by atoms with Crippen LogP contribution in [0.1, 0.15) is 37.7 Å². The minimum absolute atomic E-state index is 0.0943. The molecule has 2 aliphatic rings. The number of carbonyl (C=O) groups is 3. The maximum absolute atomic E-state index is 12.4. The van der Waals surface area contributed by atoms with Crippen LogP contribution in [-0.2, 0) is 14.4 Å². The maximum Gasteiger partial charge on any atom is 0.233 e. The first-order chi connectivity index (χ1) is 12.5. The number of benzene rings is 1. The standard InChI is InChI=1S/C19H21N3O3S/c1-11-5-4-8-14-16(11)21-19(26-14)20-15(23)9-10-22-17(24)12-6-2-3-7-13(12)18(22)25/h4-5,8,12-13H,2-3,6-7,9-10H2,1H3,(H,20,21,23)/t12-,13-/m0/s1. The van der Waals surface area contributed by atoms with E-state index in [2.05, 4.69) is 10.3 Å². The Balaban J connectivity index is 1.38. The number of fused-ring (bicyclic) bond motifs is 2. The normalized spacial score (nSPS) is 22.7. The van der Waals surface area contributed by atoms with E-state index in [4.69, 9.17) is 0 Å². The molecule has 6 nitrogen and oxygen atoms in total. The molecule has 2 fully saturated rings. The number of nitrogens with zero attached hydrogens (tertiary/aromatic N) is 2. The minimum atomic E-state index is -0.225. The average Bonchev–Trinajstić information content (AvgIpc) is 3.14. The zero-order valence-corrected chi connectivity index (χ0v) is 15.5. The number of likely N-dealkylation sites (tertiary alicyclic amines) is 1. The fraction of sp³-hybridized carbons (Fsp3) is 0.474. The lowest BCUT2D eigenvalue weighted by molar-refractivity contribution is -0.140. The molecule has 4 rings (SSSR count). The second-order valence-electron chi connectivity index (χ2n) is 7.06. The Bertz CT molecular complexity index is 867. The Morgan fingerprint density at radius 1 is 1.23 bits per heavy atom. The summed E-state index contributed by atoms with van der Waals surface area (Å²) < 4.78 is 1.02. The molecule has 1 N–H and O–H groups in total. The molecule has 0 bridgehead atoms. The zero-order chi connectivity index (χ0) is 18.3. The summed E-state index contributed by atoms with van der Waals surface area (Å²) in [6.45, 7) is 2.14. The Labute approximate surface area is 155 Å². The van der Waals surface area contributed by atoms with Crippen LogP contribution >= 0.6 is 11.3 Å². The highest BCUT2D eigenvalue weighted by Crippen LogP contribution is 2.38. The second kappa shape index (κ2) is 6.79. The molecule has 2 atom stereocenters. The van der Waals surface area contributed by atoms with Gasteiger partial charge in [-0.2, -0.15) is 0 Å². The molecule has 1 saturated heterocycles. The van der Waals surface area contributed by atoms with E-state index in [1.165, 1.54) is 16.2 Å². The van der Waals surface area contributed by atoms with E-state index in [-0.39, 0.29) is 42.5 Å². The number of rotatable bonds is 4. The molecule has 0 spiro atoms. The van der Waals surface area contributed by atoms with Crippen LogP contribution in [0.2, 0.25) is 0 Å². The van der Waals surface area contributed by atoms with Gasteiger partial charge in [0.2, 0.25) is 17.7 Å². The summed E-state index contributed by atoms with van der Waals surface area (Å²) in [6, 6.07) is 5.92. The summed E-state index contributed by atoms with van der Waals surface area (Å²) in [5.41, 5.74) is 1.96. The predicted octanol–water partition coefficient (Wildman–Crippen LogP) is 3.11. The van der Waals surface area contributed by atoms with Crippen molar-refractivity contribution in [2.75, 3.05) is 11.9 Å². The predicted molar refractivity (Wildman–Crippen MR) is 99.8 cm³/mol. The van der Waals surface area contributed by atoms with E-state index < -0.39 is 0 Å². The summed E-state index contributed by atoms with van der Waals surface area (Å²) in [6.07, 6.45) is 3.70. The van der Waals surface area contributed by atoms with Gasteiger partial charge in [-0.3, -0.25) is 19.3 Å². The Morgan fingerprint density at radius 3 is 2.58 bits per heavy atom. The first kappa shape index (κ1) is 17.1. The van der Waals surface area contributed by atoms with Crippen molar-refractivity contribution in [3.8, 4) is 0 Å². The average molecular weight is 371 g/mol. The number of carbonyl (C=O) groups excluding carboxylic acids is 3. The molecule has 1 aromatic heterocycles. The van der Waals surface area contributed by atoms with Gasteiger partial charge in [0.05, 0.1) is 22.1 Å². The van der Waals surface area contributed by atoms with Crippen molar-refractivity contribution in [3.63, 3.8) is 0 Å². The monoisotopic (exact) mass is 371 g/mol. The first-order valence-electron chi connectivity index (χ1n) is 9.06. The lowest BCUT2D eigenvalue weighted by Crippen LogP contribution is -2.34. The van der Waals surface area contributed by atoms with Crippen LogP contribution in [0.3, 0.4) is 0 Å². The number of imide groups is 1. The smallest absolute Gasteiger partial charge is 0.233 e. The van der Waals surface area contributed by atoms with E-state index in [0.717, 1.165) is 41.5 Å². The first-order valence-corrected chi connectivity index (χ1v) is 9.87. The number of aromatic nitrogens is 1. The van der Waals surface area contributed by atoms with Crippen LogP contribution in [-0.4, -0.2) is 34.2 Å². The van der Waals surface area contributed by atoms with Gasteiger partial charge in [-0.1, -0.05) is 36.3 Å². The van der Waals surface area contributed by atoms with E-state index in [0.29, 0.717) is 5.13 Å². The molecule has 136 valence electrons. The van der Waals surface area contributed by atoms with Crippen molar-refractivity contribution >= 4 is 44.4 Å². The zero-order valence-electron chi connectivity index (χ0n) is 14.7. The molecular weight excluding hydrogens is 350 g/mol. The van der Waals surface area contributed by atoms with Crippen molar-refractivity contribution in [2.24, 2.45) is 11.8 Å². The van der Waals surface area contributed by atoms with Gasteiger partial charge < -0.3 is 5.32 Å². The summed E-state index contributed by atoms with van der Waals surface area (Å²) in [5.74, 6) is -0.735. The third-order valence-electron chi connectivity index (χ3n) is 5.36. The number of para-hydroxylation sites is 1. The number of hydrogen-bond donors (Lipinski definition) is 1. The summed E-state index contributed by atoms with van der Waals surface area (Å²) in [4.78, 5) is 42.9. The van der Waals surface area contributed by atoms with Crippen LogP contribution in [0.15, 0.2) is 18.2 Å². The molecule has 1 aromatic carbocycles. The molecule has 1 aliphatic carbocycles.